The van der Waals surface area contributed by atoms with Crippen LogP contribution in [0.3, 0.4) is 0 Å². The lowest BCUT2D eigenvalue weighted by atomic mass is 9.85. The van der Waals surface area contributed by atoms with Gasteiger partial charge in [0.2, 0.25) is 11.9 Å². The van der Waals surface area contributed by atoms with Crippen molar-refractivity contribution in [2.24, 2.45) is 10.4 Å². The summed E-state index contributed by atoms with van der Waals surface area (Å²) >= 11 is 0. The zero-order valence-electron chi connectivity index (χ0n) is 20.8. The van der Waals surface area contributed by atoms with Crippen molar-refractivity contribution in [3.05, 3.63) is 0 Å². The second-order valence-corrected chi connectivity index (χ2v) is 9.97. The lowest BCUT2D eigenvalue weighted by Gasteiger charge is -2.38. The van der Waals surface area contributed by atoms with Gasteiger partial charge in [0.05, 0.1) is 26.4 Å². The third-order valence-corrected chi connectivity index (χ3v) is 5.92. The molecular weight excluding hydrogens is 424 g/mol. The van der Waals surface area contributed by atoms with Gasteiger partial charge in [-0.1, -0.05) is 27.7 Å². The average Bonchev–Trinajstić information content (AvgIpc) is 2.79. The van der Waals surface area contributed by atoms with Crippen molar-refractivity contribution >= 4 is 18.0 Å². The lowest BCUT2D eigenvalue weighted by Crippen LogP contribution is -2.57. The maximum atomic E-state index is 13.5. The van der Waals surface area contributed by atoms with Crippen LogP contribution in [0.1, 0.15) is 53.4 Å². The monoisotopic (exact) mass is 464 g/mol. The molecule has 0 aliphatic carbocycles. The maximum absolute atomic E-state index is 13.5. The maximum Gasteiger partial charge on any atom is 0.413 e. The van der Waals surface area contributed by atoms with Gasteiger partial charge in [0.1, 0.15) is 11.6 Å². The van der Waals surface area contributed by atoms with Crippen LogP contribution in [-0.4, -0.2) is 92.4 Å². The van der Waals surface area contributed by atoms with Crippen molar-refractivity contribution in [1.82, 2.24) is 20.4 Å². The number of amides is 2. The van der Waals surface area contributed by atoms with Crippen LogP contribution in [0.5, 0.6) is 0 Å². The van der Waals surface area contributed by atoms with Crippen LogP contribution >= 0.6 is 0 Å². The normalized spacial score (nSPS) is 20.5. The molecule has 2 N–H and O–H groups in total. The smallest absolute Gasteiger partial charge is 0.413 e. The van der Waals surface area contributed by atoms with Gasteiger partial charge in [-0.2, -0.15) is 5.26 Å². The highest BCUT2D eigenvalue weighted by Crippen LogP contribution is 2.26. The summed E-state index contributed by atoms with van der Waals surface area (Å²) in [4.78, 5) is 34.3. The molecule has 2 heterocycles. The molecule has 2 amide bonds. The highest BCUT2D eigenvalue weighted by molar-refractivity contribution is 5.96. The Bertz CT molecular complexity index is 728. The number of hydrogen-bond acceptors (Lipinski definition) is 7. The molecular formula is C23H40N6O4. The number of hydrogen-bond donors (Lipinski definition) is 2. The Morgan fingerprint density at radius 3 is 2.36 bits per heavy atom. The van der Waals surface area contributed by atoms with Crippen LogP contribution in [0.25, 0.3) is 0 Å². The first kappa shape index (κ1) is 26.9. The van der Waals surface area contributed by atoms with E-state index < -0.39 is 17.7 Å². The van der Waals surface area contributed by atoms with Crippen LogP contribution < -0.4 is 10.6 Å². The number of methoxy groups -OCH3 is 1. The molecule has 0 unspecified atom stereocenters. The molecule has 0 radical (unpaired) electrons. The summed E-state index contributed by atoms with van der Waals surface area (Å²) in [6.07, 6.45) is 2.03. The highest BCUT2D eigenvalue weighted by Gasteiger charge is 2.38. The average molecular weight is 465 g/mol. The summed E-state index contributed by atoms with van der Waals surface area (Å²) in [5, 5.41) is 15.6. The molecule has 2 saturated heterocycles. The molecule has 10 heteroatoms. The number of likely N-dealkylation sites (tertiary alicyclic amines) is 1. The molecule has 0 aromatic heterocycles. The minimum absolute atomic E-state index is 0.197. The number of piperidine rings is 1. The molecule has 0 aromatic carbocycles. The highest BCUT2D eigenvalue weighted by atomic mass is 16.5. The minimum Gasteiger partial charge on any atom is -0.453 e. The minimum atomic E-state index is -0.901. The summed E-state index contributed by atoms with van der Waals surface area (Å²) in [5.74, 6) is -0.00818. The molecule has 0 aromatic rings. The van der Waals surface area contributed by atoms with E-state index in [1.54, 1.807) is 0 Å². The largest absolute Gasteiger partial charge is 0.453 e. The van der Waals surface area contributed by atoms with Gasteiger partial charge in [-0.15, -0.1) is 0 Å². The van der Waals surface area contributed by atoms with E-state index in [1.807, 2.05) is 25.7 Å². The molecule has 2 rings (SSSR count). The number of nitriles is 1. The Kier molecular flexibility index (Phi) is 9.92. The van der Waals surface area contributed by atoms with Crippen LogP contribution in [-0.2, 0) is 14.3 Å². The van der Waals surface area contributed by atoms with Gasteiger partial charge in [-0.05, 0) is 37.6 Å². The predicted molar refractivity (Wildman–Crippen MR) is 126 cm³/mol. The van der Waals surface area contributed by atoms with Gasteiger partial charge < -0.3 is 24.6 Å². The van der Waals surface area contributed by atoms with E-state index in [4.69, 9.17) is 14.5 Å². The van der Waals surface area contributed by atoms with Crippen molar-refractivity contribution in [2.75, 3.05) is 53.0 Å². The number of carbonyl (C=O) groups is 2. The number of ether oxygens (including phenoxy) is 2. The number of morpholine rings is 1. The molecule has 0 spiro atoms. The second-order valence-electron chi connectivity index (χ2n) is 9.97. The molecule has 33 heavy (non-hydrogen) atoms. The van der Waals surface area contributed by atoms with E-state index in [-0.39, 0.29) is 11.3 Å². The van der Waals surface area contributed by atoms with Gasteiger partial charge >= 0.3 is 6.09 Å². The van der Waals surface area contributed by atoms with Gasteiger partial charge in [-0.25, -0.2) is 9.79 Å². The first-order chi connectivity index (χ1) is 15.6. The zero-order chi connectivity index (χ0) is 24.5. The number of alkyl carbamates (subject to hydrolysis) is 1. The Balaban J connectivity index is 2.26. The molecule has 0 saturated carbocycles. The SMILES string of the molecule is CCCN1CCC(C#N)(NC(=O)[C@H](CC(C)(C)C)N=C(NC(=O)OC)N2CCOCC2)CC1. The summed E-state index contributed by atoms with van der Waals surface area (Å²) in [6, 6.07) is 1.60. The van der Waals surface area contributed by atoms with Crippen molar-refractivity contribution in [2.45, 2.75) is 65.0 Å². The van der Waals surface area contributed by atoms with Crippen molar-refractivity contribution in [3.8, 4) is 6.07 Å². The Labute approximate surface area is 197 Å². The second kappa shape index (κ2) is 12.2. The Hall–Kier alpha value is -2.38. The Morgan fingerprint density at radius 1 is 1.21 bits per heavy atom. The van der Waals surface area contributed by atoms with Crippen LogP contribution in [0.15, 0.2) is 4.99 Å². The summed E-state index contributed by atoms with van der Waals surface area (Å²) in [5.41, 5.74) is -1.10. The number of aliphatic imine (C=N–C) groups is 1. The predicted octanol–water partition coefficient (Wildman–Crippen LogP) is 1.72. The van der Waals surface area contributed by atoms with Crippen molar-refractivity contribution in [3.63, 3.8) is 0 Å². The number of rotatable bonds is 6. The van der Waals surface area contributed by atoms with Gasteiger partial charge in [0.25, 0.3) is 0 Å². The van der Waals surface area contributed by atoms with Gasteiger partial charge in [0, 0.05) is 26.2 Å². The fourth-order valence-electron chi connectivity index (χ4n) is 4.09. The van der Waals surface area contributed by atoms with E-state index in [1.165, 1.54) is 7.11 Å². The van der Waals surface area contributed by atoms with Gasteiger partial charge in [-0.3, -0.25) is 10.1 Å². The third-order valence-electron chi connectivity index (χ3n) is 5.92. The van der Waals surface area contributed by atoms with E-state index in [9.17, 15) is 14.9 Å². The lowest BCUT2D eigenvalue weighted by molar-refractivity contribution is -0.124. The summed E-state index contributed by atoms with van der Waals surface area (Å²) in [7, 11) is 1.28. The molecule has 2 fully saturated rings. The molecule has 0 bridgehead atoms. The van der Waals surface area contributed by atoms with E-state index in [2.05, 4.69) is 28.5 Å². The van der Waals surface area contributed by atoms with E-state index in [0.717, 1.165) is 26.1 Å². The fraction of sp³-hybridized carbons (Fsp3) is 0.826. The zero-order valence-corrected chi connectivity index (χ0v) is 20.8. The molecule has 10 nitrogen and oxygen atoms in total. The number of guanidine groups is 1. The standard InChI is InChI=1S/C23H40N6O4/c1-6-9-28-10-7-23(17-24,8-11-28)27-19(30)18(16-22(2,3)4)25-20(26-21(31)32-5)29-12-14-33-15-13-29/h18H,6-16H2,1-5H3,(H,27,30)(H,25,26,31)/t18-/m0/s1. The Morgan fingerprint density at radius 2 is 1.85 bits per heavy atom. The van der Waals surface area contributed by atoms with Gasteiger partial charge in [0.15, 0.2) is 0 Å². The van der Waals surface area contributed by atoms with Crippen LogP contribution in [0.4, 0.5) is 4.79 Å². The first-order valence-electron chi connectivity index (χ1n) is 11.8. The first-order valence-corrected chi connectivity index (χ1v) is 11.8. The molecule has 186 valence electrons. The van der Waals surface area contributed by atoms with Crippen LogP contribution in [0.2, 0.25) is 0 Å². The van der Waals surface area contributed by atoms with Crippen molar-refractivity contribution < 1.29 is 19.1 Å². The summed E-state index contributed by atoms with van der Waals surface area (Å²) in [6.45, 7) is 12.9. The third kappa shape index (κ3) is 8.48. The topological polar surface area (TPSA) is 119 Å². The fourth-order valence-corrected chi connectivity index (χ4v) is 4.09. The number of carbonyl (C=O) groups excluding carboxylic acids is 2. The molecule has 1 atom stereocenters. The number of nitrogens with one attached hydrogen (secondary N) is 2. The van der Waals surface area contributed by atoms with E-state index >= 15 is 0 Å². The van der Waals surface area contributed by atoms with Crippen molar-refractivity contribution in [1.29, 1.82) is 5.26 Å². The van der Waals surface area contributed by atoms with Crippen LogP contribution in [0, 0.1) is 16.7 Å². The molecule has 2 aliphatic rings. The molecule has 2 aliphatic heterocycles. The summed E-state index contributed by atoms with van der Waals surface area (Å²) < 4.78 is 10.2. The van der Waals surface area contributed by atoms with E-state index in [0.29, 0.717) is 51.5 Å². The quantitative estimate of drug-likeness (QED) is 0.454. The number of nitrogens with zero attached hydrogens (tertiary/aromatic N) is 4.